The van der Waals surface area contributed by atoms with Crippen molar-refractivity contribution >= 4 is 5.95 Å². The van der Waals surface area contributed by atoms with Crippen molar-refractivity contribution in [3.63, 3.8) is 0 Å². The Morgan fingerprint density at radius 3 is 2.52 bits per heavy atom. The number of nitrogen functional groups attached to an aromatic ring is 1. The summed E-state index contributed by atoms with van der Waals surface area (Å²) < 4.78 is 14.8. The molecular weight excluding hydrogens is 317 g/mol. The number of anilines is 1. The van der Waals surface area contributed by atoms with Crippen LogP contribution in [-0.4, -0.2) is 19.7 Å². The van der Waals surface area contributed by atoms with Gasteiger partial charge in [0.15, 0.2) is 0 Å². The zero-order valence-corrected chi connectivity index (χ0v) is 13.2. The molecule has 0 aliphatic rings. The largest absolute Gasteiger partial charge is 0.368 e. The van der Waals surface area contributed by atoms with Gasteiger partial charge in [-0.2, -0.15) is 5.10 Å². The van der Waals surface area contributed by atoms with Crippen LogP contribution in [0.25, 0.3) is 28.2 Å². The van der Waals surface area contributed by atoms with E-state index in [1.54, 1.807) is 23.0 Å². The van der Waals surface area contributed by atoms with E-state index in [0.29, 0.717) is 0 Å². The van der Waals surface area contributed by atoms with Gasteiger partial charge in [0.2, 0.25) is 5.95 Å². The Kier molecular flexibility index (Phi) is 3.70. The molecule has 0 fully saturated rings. The maximum atomic E-state index is 13.1. The summed E-state index contributed by atoms with van der Waals surface area (Å²) in [5.41, 5.74) is 9.86. The van der Waals surface area contributed by atoms with Crippen LogP contribution < -0.4 is 5.73 Å². The fourth-order valence-corrected chi connectivity index (χ4v) is 2.58. The Balaban J connectivity index is 1.69. The van der Waals surface area contributed by atoms with Crippen LogP contribution in [0, 0.1) is 5.82 Å². The molecule has 2 aromatic heterocycles. The van der Waals surface area contributed by atoms with Gasteiger partial charge in [-0.25, -0.2) is 19.0 Å². The molecule has 0 aliphatic heterocycles. The highest BCUT2D eigenvalue weighted by Gasteiger charge is 2.06. The van der Waals surface area contributed by atoms with Gasteiger partial charge in [-0.3, -0.25) is 0 Å². The summed E-state index contributed by atoms with van der Waals surface area (Å²) in [6.45, 7) is 0. The molecule has 2 heterocycles. The molecule has 25 heavy (non-hydrogen) atoms. The van der Waals surface area contributed by atoms with Gasteiger partial charge < -0.3 is 5.73 Å². The number of hydrogen-bond donors (Lipinski definition) is 1. The van der Waals surface area contributed by atoms with E-state index in [2.05, 4.69) is 15.1 Å². The van der Waals surface area contributed by atoms with Crippen LogP contribution in [0.1, 0.15) is 0 Å². The first kappa shape index (κ1) is 15.0. The summed E-state index contributed by atoms with van der Waals surface area (Å²) in [6.07, 6.45) is 3.50. The van der Waals surface area contributed by atoms with Crippen molar-refractivity contribution < 1.29 is 4.39 Å². The highest BCUT2D eigenvalue weighted by molar-refractivity contribution is 5.63. The fraction of sp³-hybridized carbons (Fsp3) is 0. The molecule has 0 bridgehead atoms. The van der Waals surface area contributed by atoms with E-state index in [-0.39, 0.29) is 11.8 Å². The predicted octanol–water partition coefficient (Wildman–Crippen LogP) is 3.72. The van der Waals surface area contributed by atoms with Gasteiger partial charge in [0.1, 0.15) is 5.82 Å². The lowest BCUT2D eigenvalue weighted by Crippen LogP contribution is -1.97. The lowest BCUT2D eigenvalue weighted by molar-refractivity contribution is 0.628. The third-order valence-corrected chi connectivity index (χ3v) is 3.81. The normalized spacial score (nSPS) is 10.8. The summed E-state index contributed by atoms with van der Waals surface area (Å²) in [7, 11) is 0. The molecule has 2 N–H and O–H groups in total. The highest BCUT2D eigenvalue weighted by Crippen LogP contribution is 2.22. The Labute approximate surface area is 143 Å². The van der Waals surface area contributed by atoms with E-state index < -0.39 is 0 Å². The fourth-order valence-electron chi connectivity index (χ4n) is 2.58. The molecule has 5 nitrogen and oxygen atoms in total. The number of benzene rings is 2. The van der Waals surface area contributed by atoms with E-state index in [4.69, 9.17) is 5.73 Å². The van der Waals surface area contributed by atoms with Crippen molar-refractivity contribution in [1.29, 1.82) is 0 Å². The van der Waals surface area contributed by atoms with Crippen molar-refractivity contribution in [3.8, 4) is 28.2 Å². The lowest BCUT2D eigenvalue weighted by atomic mass is 10.1. The lowest BCUT2D eigenvalue weighted by Gasteiger charge is -2.05. The van der Waals surface area contributed by atoms with Crippen molar-refractivity contribution in [3.05, 3.63) is 78.9 Å². The Morgan fingerprint density at radius 1 is 0.880 bits per heavy atom. The van der Waals surface area contributed by atoms with Crippen LogP contribution in [0.15, 0.2) is 73.1 Å². The minimum absolute atomic E-state index is 0.237. The number of rotatable bonds is 3. The molecule has 0 unspecified atom stereocenters. The zero-order valence-electron chi connectivity index (χ0n) is 13.2. The molecule has 0 radical (unpaired) electrons. The van der Waals surface area contributed by atoms with Gasteiger partial charge in [0.05, 0.1) is 17.1 Å². The van der Waals surface area contributed by atoms with Gasteiger partial charge in [-0.05, 0) is 48.5 Å². The molecule has 2 aromatic carbocycles. The summed E-state index contributed by atoms with van der Waals surface area (Å²) in [6, 6.07) is 17.8. The molecule has 0 aliphatic carbocycles. The Morgan fingerprint density at radius 2 is 1.72 bits per heavy atom. The summed E-state index contributed by atoms with van der Waals surface area (Å²) in [5.74, 6) is -0.0272. The third kappa shape index (κ3) is 3.10. The second-order valence-corrected chi connectivity index (χ2v) is 5.50. The Bertz CT molecular complexity index is 1020. The monoisotopic (exact) mass is 331 g/mol. The van der Waals surface area contributed by atoms with Crippen LogP contribution in [0.3, 0.4) is 0 Å². The van der Waals surface area contributed by atoms with Crippen LogP contribution in [-0.2, 0) is 0 Å². The number of hydrogen-bond acceptors (Lipinski definition) is 4. The van der Waals surface area contributed by atoms with Crippen molar-refractivity contribution in [2.24, 2.45) is 0 Å². The van der Waals surface area contributed by atoms with Crippen molar-refractivity contribution in [1.82, 2.24) is 19.7 Å². The first-order valence-electron chi connectivity index (χ1n) is 7.70. The molecule has 0 atom stereocenters. The second kappa shape index (κ2) is 6.16. The first-order valence-corrected chi connectivity index (χ1v) is 7.70. The smallest absolute Gasteiger partial charge is 0.220 e. The maximum absolute atomic E-state index is 13.1. The quantitative estimate of drug-likeness (QED) is 0.621. The van der Waals surface area contributed by atoms with E-state index in [9.17, 15) is 4.39 Å². The number of aromatic nitrogens is 4. The summed E-state index contributed by atoms with van der Waals surface area (Å²) in [4.78, 5) is 8.15. The van der Waals surface area contributed by atoms with Gasteiger partial charge in [-0.1, -0.05) is 12.1 Å². The topological polar surface area (TPSA) is 69.6 Å². The first-order chi connectivity index (χ1) is 12.2. The summed E-state index contributed by atoms with van der Waals surface area (Å²) >= 11 is 0. The van der Waals surface area contributed by atoms with Crippen LogP contribution in [0.2, 0.25) is 0 Å². The molecule has 4 aromatic rings. The summed E-state index contributed by atoms with van der Waals surface area (Å²) in [5, 5.41) is 4.57. The zero-order chi connectivity index (χ0) is 17.2. The van der Waals surface area contributed by atoms with E-state index in [1.807, 2.05) is 42.6 Å². The minimum Gasteiger partial charge on any atom is -0.368 e. The molecular formula is C19H14FN5. The molecule has 0 saturated heterocycles. The van der Waals surface area contributed by atoms with Crippen LogP contribution >= 0.6 is 0 Å². The predicted molar refractivity (Wildman–Crippen MR) is 94.4 cm³/mol. The van der Waals surface area contributed by atoms with Crippen molar-refractivity contribution in [2.45, 2.75) is 0 Å². The SMILES string of the molecule is Nc1nccc(-c2cccc(-n3ccc(-c4ccc(F)cc4)n3)c2)n1. The van der Waals surface area contributed by atoms with Crippen LogP contribution in [0.4, 0.5) is 10.3 Å². The average molecular weight is 331 g/mol. The van der Waals surface area contributed by atoms with E-state index in [0.717, 1.165) is 28.2 Å². The van der Waals surface area contributed by atoms with Crippen LogP contribution in [0.5, 0.6) is 0 Å². The highest BCUT2D eigenvalue weighted by atomic mass is 19.1. The minimum atomic E-state index is -0.264. The molecule has 6 heteroatoms. The molecule has 122 valence electrons. The van der Waals surface area contributed by atoms with E-state index >= 15 is 0 Å². The van der Waals surface area contributed by atoms with Gasteiger partial charge in [-0.15, -0.1) is 0 Å². The van der Waals surface area contributed by atoms with Gasteiger partial charge in [0, 0.05) is 23.5 Å². The molecule has 0 spiro atoms. The third-order valence-electron chi connectivity index (χ3n) is 3.81. The number of halogens is 1. The van der Waals surface area contributed by atoms with Gasteiger partial charge >= 0.3 is 0 Å². The average Bonchev–Trinajstić information content (AvgIpc) is 3.13. The van der Waals surface area contributed by atoms with E-state index in [1.165, 1.54) is 12.1 Å². The molecule has 4 rings (SSSR count). The number of nitrogens with two attached hydrogens (primary N) is 1. The number of nitrogens with zero attached hydrogens (tertiary/aromatic N) is 4. The molecule has 0 saturated carbocycles. The molecule has 0 amide bonds. The Hall–Kier alpha value is -3.54. The van der Waals surface area contributed by atoms with Crippen molar-refractivity contribution in [2.75, 3.05) is 5.73 Å². The standard InChI is InChI=1S/C19H14FN5/c20-15-6-4-13(5-7-15)18-9-11-25(24-18)16-3-1-2-14(12-16)17-8-10-22-19(21)23-17/h1-12H,(H2,21,22,23). The maximum Gasteiger partial charge on any atom is 0.220 e. The van der Waals surface area contributed by atoms with Gasteiger partial charge in [0.25, 0.3) is 0 Å². The second-order valence-electron chi connectivity index (χ2n) is 5.50.